The zero-order valence-electron chi connectivity index (χ0n) is 13.9. The number of hydrogen-bond donors (Lipinski definition) is 2. The first kappa shape index (κ1) is 17.3. The van der Waals surface area contributed by atoms with Crippen LogP contribution in [0.1, 0.15) is 33.2 Å². The van der Waals surface area contributed by atoms with Gasteiger partial charge < -0.3 is 9.47 Å². The highest BCUT2D eigenvalue weighted by Crippen LogP contribution is 2.24. The Morgan fingerprint density at radius 3 is 2.17 bits per heavy atom. The normalized spacial score (nSPS) is 9.96. The lowest BCUT2D eigenvalue weighted by Crippen LogP contribution is -2.41. The molecule has 0 aliphatic carbocycles. The van der Waals surface area contributed by atoms with Gasteiger partial charge in [0.2, 0.25) is 0 Å². The molecular formula is C18H20N2O4. The number of rotatable bonds is 5. The predicted octanol–water partition coefficient (Wildman–Crippen LogP) is 2.34. The van der Waals surface area contributed by atoms with E-state index in [0.29, 0.717) is 22.6 Å². The molecule has 0 spiro atoms. The number of aryl methyl sites for hydroxylation is 1. The third-order valence-corrected chi connectivity index (χ3v) is 3.57. The fraction of sp³-hybridized carbons (Fsp3) is 0.222. The molecule has 6 heteroatoms. The highest BCUT2D eigenvalue weighted by atomic mass is 16.5. The minimum absolute atomic E-state index is 0.292. The minimum atomic E-state index is -0.479. The number of carbonyl (C=O) groups excluding carboxylic acids is 2. The summed E-state index contributed by atoms with van der Waals surface area (Å²) in [5.41, 5.74) is 6.66. The second-order valence-corrected chi connectivity index (χ2v) is 5.02. The summed E-state index contributed by atoms with van der Waals surface area (Å²) in [7, 11) is 2.98. The summed E-state index contributed by atoms with van der Waals surface area (Å²) in [4.78, 5) is 24.3. The van der Waals surface area contributed by atoms with Gasteiger partial charge >= 0.3 is 0 Å². The van der Waals surface area contributed by atoms with E-state index in [1.54, 1.807) is 30.3 Å². The zero-order valence-corrected chi connectivity index (χ0v) is 13.9. The molecule has 0 radical (unpaired) electrons. The van der Waals surface area contributed by atoms with Crippen molar-refractivity contribution in [1.82, 2.24) is 10.9 Å². The molecule has 0 aliphatic heterocycles. The van der Waals surface area contributed by atoms with Gasteiger partial charge in [-0.2, -0.15) is 0 Å². The van der Waals surface area contributed by atoms with Crippen molar-refractivity contribution in [2.75, 3.05) is 14.2 Å². The van der Waals surface area contributed by atoms with E-state index in [4.69, 9.17) is 9.47 Å². The molecule has 6 nitrogen and oxygen atoms in total. The number of carbonyl (C=O) groups is 2. The molecule has 2 amide bonds. The highest BCUT2D eigenvalue weighted by molar-refractivity contribution is 6.00. The van der Waals surface area contributed by atoms with E-state index in [-0.39, 0.29) is 0 Å². The standard InChI is InChI=1S/C18H20N2O4/c1-4-12-5-7-13(8-6-12)17(21)19-20-18(22)15-10-9-14(23-2)11-16(15)24-3/h5-11H,4H2,1-3H3,(H,19,21)(H,20,22). The molecule has 0 atom stereocenters. The van der Waals surface area contributed by atoms with Crippen molar-refractivity contribution in [2.24, 2.45) is 0 Å². The van der Waals surface area contributed by atoms with Crippen molar-refractivity contribution in [3.8, 4) is 11.5 Å². The van der Waals surface area contributed by atoms with Crippen LogP contribution in [-0.2, 0) is 6.42 Å². The van der Waals surface area contributed by atoms with Gasteiger partial charge in [-0.15, -0.1) is 0 Å². The molecule has 24 heavy (non-hydrogen) atoms. The molecule has 0 saturated carbocycles. The minimum Gasteiger partial charge on any atom is -0.497 e. The van der Waals surface area contributed by atoms with Crippen molar-refractivity contribution in [2.45, 2.75) is 13.3 Å². The SMILES string of the molecule is CCc1ccc(C(=O)NNC(=O)c2ccc(OC)cc2OC)cc1. The van der Waals surface area contributed by atoms with Gasteiger partial charge in [-0.25, -0.2) is 0 Å². The van der Waals surface area contributed by atoms with Crippen LogP contribution in [0.2, 0.25) is 0 Å². The first-order valence-electron chi connectivity index (χ1n) is 7.50. The lowest BCUT2D eigenvalue weighted by atomic mass is 10.1. The van der Waals surface area contributed by atoms with E-state index >= 15 is 0 Å². The molecule has 0 unspecified atom stereocenters. The van der Waals surface area contributed by atoms with Crippen molar-refractivity contribution in [3.05, 3.63) is 59.2 Å². The van der Waals surface area contributed by atoms with Crippen LogP contribution in [0.5, 0.6) is 11.5 Å². The topological polar surface area (TPSA) is 76.7 Å². The summed E-state index contributed by atoms with van der Waals surface area (Å²) in [5, 5.41) is 0. The third-order valence-electron chi connectivity index (χ3n) is 3.57. The molecule has 126 valence electrons. The van der Waals surface area contributed by atoms with Crippen LogP contribution in [0, 0.1) is 0 Å². The van der Waals surface area contributed by atoms with Crippen LogP contribution in [-0.4, -0.2) is 26.0 Å². The van der Waals surface area contributed by atoms with Gasteiger partial charge in [0.1, 0.15) is 11.5 Å². The Bertz CT molecular complexity index is 726. The number of amides is 2. The summed E-state index contributed by atoms with van der Waals surface area (Å²) < 4.78 is 10.3. The molecule has 0 aliphatic rings. The molecule has 0 bridgehead atoms. The lowest BCUT2D eigenvalue weighted by Gasteiger charge is -2.11. The van der Waals surface area contributed by atoms with E-state index < -0.39 is 11.8 Å². The van der Waals surface area contributed by atoms with Crippen LogP contribution < -0.4 is 20.3 Å². The number of methoxy groups -OCH3 is 2. The molecular weight excluding hydrogens is 308 g/mol. The molecule has 0 saturated heterocycles. The first-order chi connectivity index (χ1) is 11.6. The maximum atomic E-state index is 12.2. The van der Waals surface area contributed by atoms with Crippen LogP contribution >= 0.6 is 0 Å². The van der Waals surface area contributed by atoms with E-state index in [0.717, 1.165) is 12.0 Å². The summed E-state index contributed by atoms with van der Waals surface area (Å²) >= 11 is 0. The Balaban J connectivity index is 2.03. The quantitative estimate of drug-likeness (QED) is 0.826. The average Bonchev–Trinajstić information content (AvgIpc) is 2.65. The van der Waals surface area contributed by atoms with Crippen molar-refractivity contribution < 1.29 is 19.1 Å². The zero-order chi connectivity index (χ0) is 17.5. The fourth-order valence-electron chi connectivity index (χ4n) is 2.13. The van der Waals surface area contributed by atoms with Gasteiger partial charge in [0, 0.05) is 11.6 Å². The summed E-state index contributed by atoms with van der Waals surface area (Å²) in [5.74, 6) is 0.0587. The van der Waals surface area contributed by atoms with Gasteiger partial charge in [-0.3, -0.25) is 20.4 Å². The lowest BCUT2D eigenvalue weighted by molar-refractivity contribution is 0.0845. The van der Waals surface area contributed by atoms with E-state index in [1.165, 1.54) is 14.2 Å². The summed E-state index contributed by atoms with van der Waals surface area (Å²) in [6, 6.07) is 12.0. The molecule has 0 fully saturated rings. The largest absolute Gasteiger partial charge is 0.497 e. The van der Waals surface area contributed by atoms with Crippen LogP contribution in [0.3, 0.4) is 0 Å². The van der Waals surface area contributed by atoms with Crippen LogP contribution in [0.15, 0.2) is 42.5 Å². The second-order valence-electron chi connectivity index (χ2n) is 5.02. The molecule has 0 aromatic heterocycles. The van der Waals surface area contributed by atoms with Crippen molar-refractivity contribution >= 4 is 11.8 Å². The predicted molar refractivity (Wildman–Crippen MR) is 90.3 cm³/mol. The first-order valence-corrected chi connectivity index (χ1v) is 7.50. The van der Waals surface area contributed by atoms with Gasteiger partial charge in [0.25, 0.3) is 11.8 Å². The average molecular weight is 328 g/mol. The number of hydrogen-bond acceptors (Lipinski definition) is 4. The monoisotopic (exact) mass is 328 g/mol. The van der Waals surface area contributed by atoms with Gasteiger partial charge in [0.05, 0.1) is 19.8 Å². The van der Waals surface area contributed by atoms with E-state index in [1.807, 2.05) is 19.1 Å². The van der Waals surface area contributed by atoms with Crippen LogP contribution in [0.25, 0.3) is 0 Å². The van der Waals surface area contributed by atoms with Crippen molar-refractivity contribution in [3.63, 3.8) is 0 Å². The summed E-state index contributed by atoms with van der Waals surface area (Å²) in [6.45, 7) is 2.04. The molecule has 2 N–H and O–H groups in total. The summed E-state index contributed by atoms with van der Waals surface area (Å²) in [6.07, 6.45) is 0.899. The van der Waals surface area contributed by atoms with Crippen molar-refractivity contribution in [1.29, 1.82) is 0 Å². The Labute approximate surface area is 140 Å². The Hall–Kier alpha value is -3.02. The van der Waals surface area contributed by atoms with Gasteiger partial charge in [-0.1, -0.05) is 19.1 Å². The Morgan fingerprint density at radius 2 is 1.58 bits per heavy atom. The smallest absolute Gasteiger partial charge is 0.273 e. The number of benzene rings is 2. The van der Waals surface area contributed by atoms with Crippen LogP contribution in [0.4, 0.5) is 0 Å². The second kappa shape index (κ2) is 8.01. The number of nitrogens with one attached hydrogen (secondary N) is 2. The number of hydrazine groups is 1. The Morgan fingerprint density at radius 1 is 0.917 bits per heavy atom. The van der Waals surface area contributed by atoms with E-state index in [2.05, 4.69) is 10.9 Å². The molecule has 0 heterocycles. The highest BCUT2D eigenvalue weighted by Gasteiger charge is 2.14. The number of ether oxygens (including phenoxy) is 2. The molecule has 2 rings (SSSR count). The fourth-order valence-corrected chi connectivity index (χ4v) is 2.13. The third kappa shape index (κ3) is 4.04. The van der Waals surface area contributed by atoms with Gasteiger partial charge in [-0.05, 0) is 36.2 Å². The maximum absolute atomic E-state index is 12.2. The molecule has 2 aromatic carbocycles. The molecule has 2 aromatic rings. The van der Waals surface area contributed by atoms with Gasteiger partial charge in [0.15, 0.2) is 0 Å². The maximum Gasteiger partial charge on any atom is 0.273 e. The Kier molecular flexibility index (Phi) is 5.78. The van der Waals surface area contributed by atoms with E-state index in [9.17, 15) is 9.59 Å².